The molecule has 0 amide bonds. The van der Waals surface area contributed by atoms with Crippen molar-refractivity contribution in [1.82, 2.24) is 9.55 Å². The maximum Gasteiger partial charge on any atom is 0.168 e. The van der Waals surface area contributed by atoms with Crippen LogP contribution in [0.2, 0.25) is 0 Å². The molecule has 2 heterocycles. The van der Waals surface area contributed by atoms with Crippen molar-refractivity contribution in [1.29, 1.82) is 0 Å². The number of hydrogen-bond acceptors (Lipinski definition) is 3. The van der Waals surface area contributed by atoms with Crippen LogP contribution in [-0.2, 0) is 6.54 Å². The summed E-state index contributed by atoms with van der Waals surface area (Å²) in [6, 6.07) is 0. The average molecular weight is 210 g/mol. The van der Waals surface area contributed by atoms with Crippen molar-refractivity contribution in [2.75, 3.05) is 0 Å². The van der Waals surface area contributed by atoms with Gasteiger partial charge in [-0.1, -0.05) is 11.8 Å². The van der Waals surface area contributed by atoms with Crippen molar-refractivity contribution in [3.63, 3.8) is 0 Å². The molecule has 2 aliphatic rings. The van der Waals surface area contributed by atoms with Crippen LogP contribution in [0.4, 0.5) is 0 Å². The van der Waals surface area contributed by atoms with Crippen LogP contribution in [0.5, 0.6) is 0 Å². The second kappa shape index (κ2) is 2.55. The molecule has 76 valence electrons. The summed E-state index contributed by atoms with van der Waals surface area (Å²) in [5, 5.41) is 11.4. The highest BCUT2D eigenvalue weighted by molar-refractivity contribution is 8.00. The number of thioether (sulfide) groups is 1. The Labute approximate surface area is 87.5 Å². The molecule has 1 aromatic heterocycles. The molecule has 0 aromatic carbocycles. The first-order valence-electron chi connectivity index (χ1n) is 5.03. The lowest BCUT2D eigenvalue weighted by molar-refractivity contribution is 0.142. The van der Waals surface area contributed by atoms with Gasteiger partial charge in [-0.15, -0.1) is 0 Å². The minimum absolute atomic E-state index is 0.337. The van der Waals surface area contributed by atoms with E-state index in [-0.39, 0.29) is 5.60 Å². The van der Waals surface area contributed by atoms with Crippen molar-refractivity contribution in [2.45, 2.75) is 49.2 Å². The molecule has 0 spiro atoms. The van der Waals surface area contributed by atoms with Gasteiger partial charge in [0.2, 0.25) is 0 Å². The Morgan fingerprint density at radius 2 is 2.21 bits per heavy atom. The first kappa shape index (κ1) is 8.80. The Morgan fingerprint density at radius 1 is 1.50 bits per heavy atom. The molecule has 0 radical (unpaired) electrons. The first-order chi connectivity index (χ1) is 6.60. The number of fused-ring (bicyclic) bond motifs is 1. The lowest BCUT2D eigenvalue weighted by Gasteiger charge is -2.14. The summed E-state index contributed by atoms with van der Waals surface area (Å²) in [7, 11) is 0. The molecular formula is C10H14N2OS. The Kier molecular flexibility index (Phi) is 1.60. The Morgan fingerprint density at radius 3 is 2.79 bits per heavy atom. The van der Waals surface area contributed by atoms with Gasteiger partial charge in [0, 0.05) is 12.2 Å². The van der Waals surface area contributed by atoms with Crippen molar-refractivity contribution < 1.29 is 5.11 Å². The van der Waals surface area contributed by atoms with E-state index >= 15 is 0 Å². The summed E-state index contributed by atoms with van der Waals surface area (Å²) in [6.07, 6.45) is 1.93. The van der Waals surface area contributed by atoms with E-state index in [2.05, 4.69) is 16.5 Å². The molecule has 1 N–H and O–H groups in total. The number of hydrogen-bond donors (Lipinski definition) is 1. The van der Waals surface area contributed by atoms with Gasteiger partial charge in [-0.3, -0.25) is 0 Å². The number of nitrogens with zero attached hydrogens (tertiary/aromatic N) is 2. The number of imidazole rings is 1. The van der Waals surface area contributed by atoms with Gasteiger partial charge in [0.05, 0.1) is 16.5 Å². The standard InChI is InChI=1S/C10H14N2OS/c1-6-7(2)12-5-8(10(13)3-4-10)14-9(12)11-6/h8,13H,3-5H2,1-2H3. The lowest BCUT2D eigenvalue weighted by atomic mass is 10.2. The van der Waals surface area contributed by atoms with E-state index in [9.17, 15) is 5.11 Å². The van der Waals surface area contributed by atoms with Crippen LogP contribution in [0.1, 0.15) is 24.2 Å². The SMILES string of the molecule is Cc1nc2n(c1C)CC(C1(O)CC1)S2. The Bertz CT molecular complexity index is 395. The molecule has 1 unspecified atom stereocenters. The van der Waals surface area contributed by atoms with Gasteiger partial charge in [-0.25, -0.2) is 4.98 Å². The molecule has 1 fully saturated rings. The fourth-order valence-corrected chi connectivity index (χ4v) is 3.45. The normalized spacial score (nSPS) is 27.8. The zero-order valence-electron chi connectivity index (χ0n) is 8.45. The van der Waals surface area contributed by atoms with E-state index in [1.807, 2.05) is 6.92 Å². The monoisotopic (exact) mass is 210 g/mol. The van der Waals surface area contributed by atoms with Crippen molar-refractivity contribution >= 4 is 11.8 Å². The van der Waals surface area contributed by atoms with E-state index in [1.165, 1.54) is 5.69 Å². The third kappa shape index (κ3) is 1.07. The molecule has 3 rings (SSSR count). The van der Waals surface area contributed by atoms with Gasteiger partial charge in [0.1, 0.15) is 0 Å². The van der Waals surface area contributed by atoms with Crippen LogP contribution in [0.25, 0.3) is 0 Å². The fraction of sp³-hybridized carbons (Fsp3) is 0.700. The zero-order valence-corrected chi connectivity index (χ0v) is 9.27. The minimum Gasteiger partial charge on any atom is -0.389 e. The van der Waals surface area contributed by atoms with E-state index in [0.717, 1.165) is 30.2 Å². The van der Waals surface area contributed by atoms with E-state index in [0.29, 0.717) is 5.25 Å². The summed E-state index contributed by atoms with van der Waals surface area (Å²) < 4.78 is 2.24. The van der Waals surface area contributed by atoms with Gasteiger partial charge in [-0.2, -0.15) is 0 Å². The summed E-state index contributed by atoms with van der Waals surface area (Å²) >= 11 is 1.74. The zero-order chi connectivity index (χ0) is 9.92. The molecule has 1 atom stereocenters. The number of aryl methyl sites for hydroxylation is 1. The lowest BCUT2D eigenvalue weighted by Crippen LogP contribution is -2.25. The van der Waals surface area contributed by atoms with Gasteiger partial charge >= 0.3 is 0 Å². The fourth-order valence-electron chi connectivity index (χ4n) is 1.99. The predicted molar refractivity (Wildman–Crippen MR) is 55.5 cm³/mol. The van der Waals surface area contributed by atoms with Crippen molar-refractivity contribution in [2.24, 2.45) is 0 Å². The number of aliphatic hydroxyl groups is 1. The smallest absolute Gasteiger partial charge is 0.168 e. The van der Waals surface area contributed by atoms with Crippen LogP contribution in [0.3, 0.4) is 0 Å². The van der Waals surface area contributed by atoms with E-state index in [1.54, 1.807) is 11.8 Å². The summed E-state index contributed by atoms with van der Waals surface area (Å²) in [6.45, 7) is 5.08. The van der Waals surface area contributed by atoms with E-state index in [4.69, 9.17) is 0 Å². The summed E-state index contributed by atoms with van der Waals surface area (Å²) in [5.74, 6) is 0. The van der Waals surface area contributed by atoms with Gasteiger partial charge in [0.15, 0.2) is 5.16 Å². The first-order valence-corrected chi connectivity index (χ1v) is 5.91. The second-order valence-electron chi connectivity index (χ2n) is 4.39. The molecule has 0 saturated heterocycles. The molecule has 1 aromatic rings. The quantitative estimate of drug-likeness (QED) is 0.763. The highest BCUT2D eigenvalue weighted by Gasteiger charge is 2.51. The molecule has 4 heteroatoms. The van der Waals surface area contributed by atoms with Crippen LogP contribution in [-0.4, -0.2) is 25.5 Å². The van der Waals surface area contributed by atoms with Crippen molar-refractivity contribution in [3.05, 3.63) is 11.4 Å². The van der Waals surface area contributed by atoms with Crippen LogP contribution >= 0.6 is 11.8 Å². The third-order valence-corrected chi connectivity index (χ3v) is 4.78. The Hall–Kier alpha value is -0.480. The molecule has 3 nitrogen and oxygen atoms in total. The maximum absolute atomic E-state index is 10.0. The average Bonchev–Trinajstić information content (AvgIpc) is 2.67. The predicted octanol–water partition coefficient (Wildman–Crippen LogP) is 1.50. The molecule has 1 aliphatic carbocycles. The van der Waals surface area contributed by atoms with Crippen LogP contribution in [0.15, 0.2) is 5.16 Å². The van der Waals surface area contributed by atoms with Gasteiger partial charge < -0.3 is 9.67 Å². The Balaban J connectivity index is 1.91. The van der Waals surface area contributed by atoms with Crippen LogP contribution in [0, 0.1) is 13.8 Å². The molecule has 14 heavy (non-hydrogen) atoms. The molecular weight excluding hydrogens is 196 g/mol. The third-order valence-electron chi connectivity index (χ3n) is 3.38. The van der Waals surface area contributed by atoms with Gasteiger partial charge in [-0.05, 0) is 26.7 Å². The summed E-state index contributed by atoms with van der Waals surface area (Å²) in [5.41, 5.74) is 1.99. The molecule has 1 saturated carbocycles. The van der Waals surface area contributed by atoms with E-state index < -0.39 is 0 Å². The highest BCUT2D eigenvalue weighted by atomic mass is 32.2. The second-order valence-corrected chi connectivity index (χ2v) is 5.56. The number of rotatable bonds is 1. The van der Waals surface area contributed by atoms with Gasteiger partial charge in [0.25, 0.3) is 0 Å². The topological polar surface area (TPSA) is 38.0 Å². The minimum atomic E-state index is -0.383. The highest BCUT2D eigenvalue weighted by Crippen LogP contribution is 2.49. The van der Waals surface area contributed by atoms with Crippen molar-refractivity contribution in [3.8, 4) is 0 Å². The van der Waals surface area contributed by atoms with Crippen LogP contribution < -0.4 is 0 Å². The summed E-state index contributed by atoms with van der Waals surface area (Å²) in [4.78, 5) is 4.50. The maximum atomic E-state index is 10.0. The largest absolute Gasteiger partial charge is 0.389 e. The molecule has 1 aliphatic heterocycles. The number of aromatic nitrogens is 2. The molecule has 0 bridgehead atoms.